The zero-order chi connectivity index (χ0) is 15.3. The average Bonchev–Trinajstić information content (AvgIpc) is 2.36. The van der Waals surface area contributed by atoms with Crippen molar-refractivity contribution in [3.05, 3.63) is 23.8 Å². The first-order chi connectivity index (χ1) is 9.25. The second-order valence-corrected chi connectivity index (χ2v) is 7.30. The molecule has 1 aromatic rings. The normalized spacial score (nSPS) is 11.4. The monoisotopic (exact) mass is 319 g/mol. The Kier molecular flexibility index (Phi) is 5.83. The van der Waals surface area contributed by atoms with Crippen molar-refractivity contribution >= 4 is 25.6 Å². The van der Waals surface area contributed by atoms with Crippen molar-refractivity contribution in [2.45, 2.75) is 25.2 Å². The zero-order valence-electron chi connectivity index (χ0n) is 11.6. The van der Waals surface area contributed by atoms with Gasteiger partial charge in [-0.3, -0.25) is 4.79 Å². The number of amides is 1. The molecule has 0 saturated carbocycles. The number of rotatable bonds is 6. The van der Waals surface area contributed by atoms with Crippen LogP contribution in [-0.2, 0) is 9.05 Å². The third kappa shape index (κ3) is 4.68. The number of carbonyl (C=O) groups is 1. The maximum atomic E-state index is 12.1. The van der Waals surface area contributed by atoms with Gasteiger partial charge in [-0.2, -0.15) is 0 Å². The minimum atomic E-state index is -3.88. The van der Waals surface area contributed by atoms with E-state index in [0.717, 1.165) is 6.42 Å². The molecule has 112 valence electrons. The van der Waals surface area contributed by atoms with E-state index in [4.69, 9.17) is 15.4 Å². The summed E-state index contributed by atoms with van der Waals surface area (Å²) in [6, 6.07) is 3.92. The summed E-state index contributed by atoms with van der Waals surface area (Å²) in [6.07, 6.45) is 0.835. The number of nitrogens with one attached hydrogen (secondary N) is 1. The van der Waals surface area contributed by atoms with Gasteiger partial charge in [0.15, 0.2) is 0 Å². The van der Waals surface area contributed by atoms with E-state index in [1.807, 2.05) is 13.8 Å². The summed E-state index contributed by atoms with van der Waals surface area (Å²) in [5, 5.41) is 2.73. The molecule has 0 aliphatic rings. The quantitative estimate of drug-likeness (QED) is 0.817. The van der Waals surface area contributed by atoms with Gasteiger partial charge in [0.2, 0.25) is 0 Å². The van der Waals surface area contributed by atoms with Gasteiger partial charge in [-0.05, 0) is 30.5 Å². The molecular weight excluding hydrogens is 302 g/mol. The first kappa shape index (κ1) is 16.8. The van der Waals surface area contributed by atoms with Crippen molar-refractivity contribution in [3.8, 4) is 5.75 Å². The zero-order valence-corrected chi connectivity index (χ0v) is 13.2. The van der Waals surface area contributed by atoms with Gasteiger partial charge >= 0.3 is 0 Å². The number of carbonyl (C=O) groups excluding carboxylic acids is 1. The molecule has 7 heteroatoms. The molecule has 0 aromatic heterocycles. The van der Waals surface area contributed by atoms with Crippen LogP contribution < -0.4 is 10.1 Å². The molecule has 1 amide bonds. The fourth-order valence-corrected chi connectivity index (χ4v) is 2.36. The van der Waals surface area contributed by atoms with Crippen molar-refractivity contribution in [1.82, 2.24) is 5.32 Å². The Morgan fingerprint density at radius 2 is 2.05 bits per heavy atom. The minimum Gasteiger partial charge on any atom is -0.496 e. The number of hydrogen-bond donors (Lipinski definition) is 1. The highest BCUT2D eigenvalue weighted by molar-refractivity contribution is 8.13. The highest BCUT2D eigenvalue weighted by Gasteiger charge is 2.17. The van der Waals surface area contributed by atoms with E-state index in [9.17, 15) is 13.2 Å². The maximum Gasteiger partial charge on any atom is 0.261 e. The van der Waals surface area contributed by atoms with Gasteiger partial charge in [-0.15, -0.1) is 0 Å². The SMILES string of the molecule is COc1ccc(S(=O)(=O)Cl)cc1C(=O)NCCC(C)C. The molecule has 0 heterocycles. The Labute approximate surface area is 123 Å². The molecule has 0 aliphatic heterocycles. The molecular formula is C13H18ClNO4S. The molecule has 0 saturated heterocycles. The number of methoxy groups -OCH3 is 1. The molecule has 20 heavy (non-hydrogen) atoms. The Bertz CT molecular complexity index is 584. The summed E-state index contributed by atoms with van der Waals surface area (Å²) < 4.78 is 27.7. The largest absolute Gasteiger partial charge is 0.496 e. The average molecular weight is 320 g/mol. The van der Waals surface area contributed by atoms with Crippen LogP contribution in [0.3, 0.4) is 0 Å². The highest BCUT2D eigenvalue weighted by atomic mass is 35.7. The molecule has 0 atom stereocenters. The third-order valence-electron chi connectivity index (χ3n) is 2.70. The van der Waals surface area contributed by atoms with Crippen LogP contribution in [0.2, 0.25) is 0 Å². The van der Waals surface area contributed by atoms with Crippen LogP contribution in [0, 0.1) is 5.92 Å². The van der Waals surface area contributed by atoms with Crippen LogP contribution in [0.15, 0.2) is 23.1 Å². The molecule has 0 aliphatic carbocycles. The van der Waals surface area contributed by atoms with Gasteiger partial charge in [0, 0.05) is 17.2 Å². The molecule has 0 fully saturated rings. The second-order valence-electron chi connectivity index (χ2n) is 4.74. The van der Waals surface area contributed by atoms with Crippen LogP contribution in [0.5, 0.6) is 5.75 Å². The van der Waals surface area contributed by atoms with Gasteiger partial charge in [0.25, 0.3) is 15.0 Å². The van der Waals surface area contributed by atoms with Gasteiger partial charge in [-0.1, -0.05) is 13.8 Å². The van der Waals surface area contributed by atoms with Crippen LogP contribution in [0.4, 0.5) is 0 Å². The van der Waals surface area contributed by atoms with E-state index in [0.29, 0.717) is 18.2 Å². The molecule has 5 nitrogen and oxygen atoms in total. The third-order valence-corrected chi connectivity index (χ3v) is 4.06. The van der Waals surface area contributed by atoms with Gasteiger partial charge in [0.1, 0.15) is 5.75 Å². The van der Waals surface area contributed by atoms with Gasteiger partial charge < -0.3 is 10.1 Å². The molecule has 1 N–H and O–H groups in total. The summed E-state index contributed by atoms with van der Waals surface area (Å²) in [4.78, 5) is 11.9. The fourth-order valence-electron chi connectivity index (χ4n) is 1.59. The van der Waals surface area contributed by atoms with Crippen molar-refractivity contribution in [2.24, 2.45) is 5.92 Å². The Hall–Kier alpha value is -1.27. The van der Waals surface area contributed by atoms with Gasteiger partial charge in [-0.25, -0.2) is 8.42 Å². The molecule has 1 aromatic carbocycles. The predicted octanol–water partition coefficient (Wildman–Crippen LogP) is 2.40. The molecule has 0 spiro atoms. The fraction of sp³-hybridized carbons (Fsp3) is 0.462. The Balaban J connectivity index is 2.99. The Morgan fingerprint density at radius 3 is 2.55 bits per heavy atom. The molecule has 0 unspecified atom stereocenters. The lowest BCUT2D eigenvalue weighted by Gasteiger charge is -2.11. The minimum absolute atomic E-state index is 0.131. The van der Waals surface area contributed by atoms with Crippen molar-refractivity contribution < 1.29 is 17.9 Å². The number of benzene rings is 1. The van der Waals surface area contributed by atoms with Gasteiger partial charge in [0.05, 0.1) is 17.6 Å². The number of ether oxygens (including phenoxy) is 1. The molecule has 0 radical (unpaired) electrons. The number of halogens is 1. The lowest BCUT2D eigenvalue weighted by molar-refractivity contribution is 0.0948. The highest BCUT2D eigenvalue weighted by Crippen LogP contribution is 2.24. The summed E-state index contributed by atoms with van der Waals surface area (Å²) in [5.74, 6) is 0.382. The molecule has 1 rings (SSSR count). The van der Waals surface area contributed by atoms with E-state index in [-0.39, 0.29) is 16.4 Å². The van der Waals surface area contributed by atoms with Crippen molar-refractivity contribution in [3.63, 3.8) is 0 Å². The standard InChI is InChI=1S/C13H18ClNO4S/c1-9(2)6-7-15-13(16)11-8-10(20(14,17)18)4-5-12(11)19-3/h4-5,8-9H,6-7H2,1-3H3,(H,15,16). The Morgan fingerprint density at radius 1 is 1.40 bits per heavy atom. The second kappa shape index (κ2) is 6.95. The summed E-state index contributed by atoms with van der Waals surface area (Å²) in [5.41, 5.74) is 0.151. The predicted molar refractivity (Wildman–Crippen MR) is 77.8 cm³/mol. The van der Waals surface area contributed by atoms with Crippen LogP contribution in [-0.4, -0.2) is 28.0 Å². The number of hydrogen-bond acceptors (Lipinski definition) is 4. The summed E-state index contributed by atoms with van der Waals surface area (Å²) in [7, 11) is 2.81. The summed E-state index contributed by atoms with van der Waals surface area (Å²) in [6.45, 7) is 4.61. The van der Waals surface area contributed by atoms with E-state index in [1.165, 1.54) is 25.3 Å². The lowest BCUT2D eigenvalue weighted by atomic mass is 10.1. The summed E-state index contributed by atoms with van der Waals surface area (Å²) >= 11 is 0. The van der Waals surface area contributed by atoms with E-state index < -0.39 is 9.05 Å². The first-order valence-corrected chi connectivity index (χ1v) is 8.47. The van der Waals surface area contributed by atoms with E-state index in [2.05, 4.69) is 5.32 Å². The van der Waals surface area contributed by atoms with Crippen LogP contribution in [0.25, 0.3) is 0 Å². The topological polar surface area (TPSA) is 72.5 Å². The van der Waals surface area contributed by atoms with E-state index in [1.54, 1.807) is 0 Å². The van der Waals surface area contributed by atoms with Crippen molar-refractivity contribution in [1.29, 1.82) is 0 Å². The molecule has 0 bridgehead atoms. The smallest absolute Gasteiger partial charge is 0.261 e. The van der Waals surface area contributed by atoms with Crippen molar-refractivity contribution in [2.75, 3.05) is 13.7 Å². The van der Waals surface area contributed by atoms with Crippen LogP contribution in [0.1, 0.15) is 30.6 Å². The van der Waals surface area contributed by atoms with Crippen LogP contribution >= 0.6 is 10.7 Å². The lowest BCUT2D eigenvalue weighted by Crippen LogP contribution is -2.26. The van der Waals surface area contributed by atoms with E-state index >= 15 is 0 Å². The first-order valence-electron chi connectivity index (χ1n) is 6.16. The maximum absolute atomic E-state index is 12.1.